The number of likely N-dealkylation sites (tertiary alicyclic amines) is 1. The SMILES string of the molecule is CN=C(NCCC(C)c1ccccc1)N1CCCC(CC(N)=O)C1.I. The molecule has 0 aromatic heterocycles. The van der Waals surface area contributed by atoms with E-state index in [1.807, 2.05) is 7.05 Å². The second-order valence-electron chi connectivity index (χ2n) is 6.70. The van der Waals surface area contributed by atoms with Crippen LogP contribution in [0.25, 0.3) is 0 Å². The number of aliphatic imine (C=N–C) groups is 1. The van der Waals surface area contributed by atoms with Crippen molar-refractivity contribution in [2.75, 3.05) is 26.7 Å². The molecule has 140 valence electrons. The lowest BCUT2D eigenvalue weighted by Gasteiger charge is -2.34. The molecule has 5 nitrogen and oxygen atoms in total. The minimum Gasteiger partial charge on any atom is -0.370 e. The van der Waals surface area contributed by atoms with E-state index in [4.69, 9.17) is 5.73 Å². The minimum atomic E-state index is -0.207. The van der Waals surface area contributed by atoms with Gasteiger partial charge in [0.15, 0.2) is 5.96 Å². The summed E-state index contributed by atoms with van der Waals surface area (Å²) in [5.74, 6) is 1.59. The van der Waals surface area contributed by atoms with E-state index in [0.29, 0.717) is 18.3 Å². The molecule has 1 heterocycles. The fourth-order valence-electron chi connectivity index (χ4n) is 3.39. The number of nitrogens with zero attached hydrogens (tertiary/aromatic N) is 2. The number of nitrogens with two attached hydrogens (primary N) is 1. The maximum Gasteiger partial charge on any atom is 0.217 e. The molecule has 1 aromatic carbocycles. The number of benzene rings is 1. The first kappa shape index (κ1) is 21.7. The van der Waals surface area contributed by atoms with Crippen molar-refractivity contribution in [2.45, 2.75) is 38.5 Å². The van der Waals surface area contributed by atoms with Crippen molar-refractivity contribution in [3.63, 3.8) is 0 Å². The van der Waals surface area contributed by atoms with Crippen molar-refractivity contribution in [3.8, 4) is 0 Å². The van der Waals surface area contributed by atoms with Gasteiger partial charge in [0.25, 0.3) is 0 Å². The maximum atomic E-state index is 11.2. The fourth-order valence-corrected chi connectivity index (χ4v) is 3.39. The molecule has 2 unspecified atom stereocenters. The van der Waals surface area contributed by atoms with Crippen LogP contribution in [0.5, 0.6) is 0 Å². The molecule has 1 amide bonds. The highest BCUT2D eigenvalue weighted by atomic mass is 127. The summed E-state index contributed by atoms with van der Waals surface area (Å²) in [6.45, 7) is 4.99. The zero-order valence-corrected chi connectivity index (χ0v) is 17.6. The molecule has 1 saturated heterocycles. The minimum absolute atomic E-state index is 0. The Bertz CT molecular complexity index is 550. The van der Waals surface area contributed by atoms with E-state index in [1.54, 1.807) is 0 Å². The van der Waals surface area contributed by atoms with Crippen LogP contribution >= 0.6 is 24.0 Å². The smallest absolute Gasteiger partial charge is 0.217 e. The molecule has 3 N–H and O–H groups in total. The Morgan fingerprint density at radius 2 is 2.12 bits per heavy atom. The van der Waals surface area contributed by atoms with Crippen LogP contribution in [-0.2, 0) is 4.79 Å². The van der Waals surface area contributed by atoms with Crippen LogP contribution in [0.4, 0.5) is 0 Å². The largest absolute Gasteiger partial charge is 0.370 e. The number of amides is 1. The lowest BCUT2D eigenvalue weighted by atomic mass is 9.95. The number of hydrogen-bond acceptors (Lipinski definition) is 2. The number of carbonyl (C=O) groups excluding carboxylic acids is 1. The Morgan fingerprint density at radius 1 is 1.40 bits per heavy atom. The third kappa shape index (κ3) is 7.22. The van der Waals surface area contributed by atoms with Crippen molar-refractivity contribution in [3.05, 3.63) is 35.9 Å². The summed E-state index contributed by atoms with van der Waals surface area (Å²) in [7, 11) is 1.82. The second kappa shape index (κ2) is 11.3. The van der Waals surface area contributed by atoms with E-state index in [-0.39, 0.29) is 29.9 Å². The zero-order valence-electron chi connectivity index (χ0n) is 15.3. The van der Waals surface area contributed by atoms with Gasteiger partial charge in [-0.2, -0.15) is 0 Å². The molecule has 1 aliphatic rings. The summed E-state index contributed by atoms with van der Waals surface area (Å²) in [4.78, 5) is 17.8. The normalized spacial score (nSPS) is 19.0. The molecule has 2 rings (SSSR count). The van der Waals surface area contributed by atoms with Gasteiger partial charge in [-0.05, 0) is 36.7 Å². The van der Waals surface area contributed by atoms with Gasteiger partial charge in [-0.1, -0.05) is 37.3 Å². The lowest BCUT2D eigenvalue weighted by Crippen LogP contribution is -2.47. The molecule has 1 aliphatic heterocycles. The van der Waals surface area contributed by atoms with Crippen LogP contribution in [0, 0.1) is 5.92 Å². The first-order valence-corrected chi connectivity index (χ1v) is 8.89. The van der Waals surface area contributed by atoms with E-state index in [1.165, 1.54) is 5.56 Å². The van der Waals surface area contributed by atoms with Gasteiger partial charge in [-0.3, -0.25) is 9.79 Å². The zero-order chi connectivity index (χ0) is 17.4. The molecular formula is C19H31IN4O. The summed E-state index contributed by atoms with van der Waals surface area (Å²) in [6, 6.07) is 10.6. The van der Waals surface area contributed by atoms with Crippen molar-refractivity contribution in [2.24, 2.45) is 16.6 Å². The summed E-state index contributed by atoms with van der Waals surface area (Å²) in [5.41, 5.74) is 6.71. The molecule has 1 aromatic rings. The highest BCUT2D eigenvalue weighted by molar-refractivity contribution is 14.0. The van der Waals surface area contributed by atoms with Gasteiger partial charge in [0.1, 0.15) is 0 Å². The number of hydrogen-bond donors (Lipinski definition) is 2. The van der Waals surface area contributed by atoms with Crippen LogP contribution in [0.2, 0.25) is 0 Å². The number of rotatable bonds is 6. The molecular weight excluding hydrogens is 427 g/mol. The first-order chi connectivity index (χ1) is 11.6. The Balaban J connectivity index is 0.00000312. The highest BCUT2D eigenvalue weighted by Crippen LogP contribution is 2.20. The summed E-state index contributed by atoms with van der Waals surface area (Å²) in [6.07, 6.45) is 3.68. The van der Waals surface area contributed by atoms with Gasteiger partial charge in [0, 0.05) is 33.1 Å². The number of primary amides is 1. The van der Waals surface area contributed by atoms with Crippen molar-refractivity contribution < 1.29 is 4.79 Å². The van der Waals surface area contributed by atoms with Crippen molar-refractivity contribution in [1.82, 2.24) is 10.2 Å². The Hall–Kier alpha value is -1.31. The van der Waals surface area contributed by atoms with Crippen LogP contribution in [0.3, 0.4) is 0 Å². The van der Waals surface area contributed by atoms with Gasteiger partial charge in [0.2, 0.25) is 5.91 Å². The maximum absolute atomic E-state index is 11.2. The number of nitrogens with one attached hydrogen (secondary N) is 1. The highest BCUT2D eigenvalue weighted by Gasteiger charge is 2.23. The predicted molar refractivity (Wildman–Crippen MR) is 114 cm³/mol. The van der Waals surface area contributed by atoms with Crippen molar-refractivity contribution in [1.29, 1.82) is 0 Å². The summed E-state index contributed by atoms with van der Waals surface area (Å²) in [5, 5.41) is 3.47. The molecule has 0 aliphatic carbocycles. The number of carbonyl (C=O) groups is 1. The quantitative estimate of drug-likeness (QED) is 0.391. The molecule has 6 heteroatoms. The third-order valence-corrected chi connectivity index (χ3v) is 4.75. The molecule has 0 saturated carbocycles. The average Bonchev–Trinajstić information content (AvgIpc) is 2.59. The molecule has 1 fully saturated rings. The average molecular weight is 458 g/mol. The molecule has 0 radical (unpaired) electrons. The van der Waals surface area contributed by atoms with E-state index in [2.05, 4.69) is 52.5 Å². The fraction of sp³-hybridized carbons (Fsp3) is 0.579. The van der Waals surface area contributed by atoms with Crippen molar-refractivity contribution >= 4 is 35.8 Å². The number of piperidine rings is 1. The predicted octanol–water partition coefficient (Wildman–Crippen LogP) is 2.96. The summed E-state index contributed by atoms with van der Waals surface area (Å²) < 4.78 is 0. The van der Waals surface area contributed by atoms with Gasteiger partial charge in [0.05, 0.1) is 0 Å². The van der Waals surface area contributed by atoms with E-state index < -0.39 is 0 Å². The molecule has 0 spiro atoms. The van der Waals surface area contributed by atoms with Crippen LogP contribution in [0.1, 0.15) is 44.1 Å². The molecule has 0 bridgehead atoms. The Labute approximate surface area is 168 Å². The molecule has 2 atom stereocenters. The van der Waals surface area contributed by atoms with Gasteiger partial charge < -0.3 is 16.0 Å². The second-order valence-corrected chi connectivity index (χ2v) is 6.70. The van der Waals surface area contributed by atoms with E-state index >= 15 is 0 Å². The number of guanidine groups is 1. The summed E-state index contributed by atoms with van der Waals surface area (Å²) >= 11 is 0. The van der Waals surface area contributed by atoms with Crippen LogP contribution < -0.4 is 11.1 Å². The topological polar surface area (TPSA) is 70.7 Å². The van der Waals surface area contributed by atoms with E-state index in [0.717, 1.165) is 44.9 Å². The van der Waals surface area contributed by atoms with Crippen LogP contribution in [0.15, 0.2) is 35.3 Å². The Morgan fingerprint density at radius 3 is 2.76 bits per heavy atom. The lowest BCUT2D eigenvalue weighted by molar-refractivity contribution is -0.119. The van der Waals surface area contributed by atoms with E-state index in [9.17, 15) is 4.79 Å². The van der Waals surface area contributed by atoms with Gasteiger partial charge >= 0.3 is 0 Å². The number of halogens is 1. The van der Waals surface area contributed by atoms with Gasteiger partial charge in [-0.25, -0.2) is 0 Å². The van der Waals surface area contributed by atoms with Crippen LogP contribution in [-0.4, -0.2) is 43.4 Å². The molecule has 25 heavy (non-hydrogen) atoms. The third-order valence-electron chi connectivity index (χ3n) is 4.75. The monoisotopic (exact) mass is 458 g/mol. The Kier molecular flexibility index (Phi) is 9.85. The van der Waals surface area contributed by atoms with Gasteiger partial charge in [-0.15, -0.1) is 24.0 Å². The first-order valence-electron chi connectivity index (χ1n) is 8.89. The standard InChI is InChI=1S/C19H30N4O.HI/c1-15(17-8-4-3-5-9-17)10-11-22-19(21-2)23-12-6-7-16(14-23)13-18(20)24;/h3-5,8-9,15-16H,6-7,10-14H2,1-2H3,(H2,20,24)(H,21,22);1H.